The van der Waals surface area contributed by atoms with Crippen molar-refractivity contribution in [3.05, 3.63) is 64.5 Å². The Hall–Kier alpha value is -2.62. The number of allylic oxidation sites excluding steroid dienone is 5. The maximum Gasteiger partial charge on any atom is 0.333 e. The van der Waals surface area contributed by atoms with Crippen LogP contribution < -0.4 is 4.74 Å². The monoisotopic (exact) mass is 436 g/mol. The van der Waals surface area contributed by atoms with Crippen LogP contribution in [0.3, 0.4) is 0 Å². The zero-order valence-corrected chi connectivity index (χ0v) is 17.5. The molecule has 1 aliphatic carbocycles. The van der Waals surface area contributed by atoms with Crippen molar-refractivity contribution in [2.75, 3.05) is 13.2 Å². The van der Waals surface area contributed by atoms with Crippen LogP contribution in [0, 0.1) is 11.8 Å². The van der Waals surface area contributed by atoms with Gasteiger partial charge in [-0.15, -0.1) is 0 Å². The van der Waals surface area contributed by atoms with E-state index in [0.29, 0.717) is 28.5 Å². The summed E-state index contributed by atoms with van der Waals surface area (Å²) in [5, 5.41) is 9.50. The van der Waals surface area contributed by atoms with Gasteiger partial charge in [-0.2, -0.15) is 0 Å². The van der Waals surface area contributed by atoms with Crippen molar-refractivity contribution >= 4 is 17.6 Å². The quantitative estimate of drug-likeness (QED) is 0.567. The highest BCUT2D eigenvalue weighted by Crippen LogP contribution is 2.28. The Kier molecular flexibility index (Phi) is 8.64. The highest BCUT2D eigenvalue weighted by Gasteiger charge is 2.27. The molecule has 160 valence electrons. The Morgan fingerprint density at radius 3 is 2.87 bits per heavy atom. The summed E-state index contributed by atoms with van der Waals surface area (Å²) >= 11 is 6.22. The largest absolute Gasteiger partial charge is 0.488 e. The molecule has 0 saturated heterocycles. The number of halogens is 3. The lowest BCUT2D eigenvalue weighted by molar-refractivity contribution is -0.149. The minimum Gasteiger partial charge on any atom is -0.488 e. The van der Waals surface area contributed by atoms with Gasteiger partial charge >= 0.3 is 5.97 Å². The lowest BCUT2D eigenvalue weighted by Crippen LogP contribution is -2.26. The second-order valence-electron chi connectivity index (χ2n) is 6.71. The van der Waals surface area contributed by atoms with Crippen LogP contribution in [0.25, 0.3) is 0 Å². The normalized spacial score (nSPS) is 19.5. The molecule has 2 rings (SSSR count). The first-order valence-electron chi connectivity index (χ1n) is 9.41. The number of rotatable bonds is 8. The van der Waals surface area contributed by atoms with Crippen molar-refractivity contribution in [3.8, 4) is 17.6 Å². The predicted molar refractivity (Wildman–Crippen MR) is 112 cm³/mol. The molecule has 0 spiro atoms. The molecule has 0 aliphatic heterocycles. The van der Waals surface area contributed by atoms with E-state index in [2.05, 4.69) is 11.8 Å². The number of carboxylic acid groups (broad SMARTS) is 1. The molecule has 0 amide bonds. The molecular formula is C23H23ClF2O4. The lowest BCUT2D eigenvalue weighted by atomic mass is 9.97. The van der Waals surface area contributed by atoms with Gasteiger partial charge in [0.25, 0.3) is 0 Å². The van der Waals surface area contributed by atoms with E-state index >= 15 is 0 Å². The molecule has 0 radical (unpaired) electrons. The Balaban J connectivity index is 1.95. The zero-order valence-electron chi connectivity index (χ0n) is 16.8. The molecule has 7 heteroatoms. The molecule has 0 bridgehead atoms. The number of carbonyl (C=O) groups is 1. The third-order valence-electron chi connectivity index (χ3n) is 4.22. The summed E-state index contributed by atoms with van der Waals surface area (Å²) in [6.07, 6.45) is 4.27. The first kappa shape index (κ1) is 23.7. The van der Waals surface area contributed by atoms with Gasteiger partial charge in [-0.05, 0) is 55.3 Å². The summed E-state index contributed by atoms with van der Waals surface area (Å²) in [6, 6.07) is 5.00. The fraction of sp³-hybridized carbons (Fsp3) is 0.348. The smallest absolute Gasteiger partial charge is 0.333 e. The van der Waals surface area contributed by atoms with Crippen LogP contribution in [-0.2, 0) is 16.0 Å². The molecule has 0 aromatic heterocycles. The summed E-state index contributed by atoms with van der Waals surface area (Å²) in [5.41, 5.74) is -0.728. The average molecular weight is 437 g/mol. The minimum atomic E-state index is -2.01. The highest BCUT2D eigenvalue weighted by atomic mass is 35.5. The van der Waals surface area contributed by atoms with Crippen LogP contribution in [0.4, 0.5) is 8.78 Å². The number of carboxylic acids is 1. The standard InChI is InChI=1S/C23H23ClF2O4/c1-3-29-21(22(27)28)14-17-6-7-20(19(24)13-17)30-12-9-16(2)8-11-23(26)10-4-5-18(25)15-23/h4-7,9-10,13,21H,3,12,14-15H2,1-2H3,(H,27,28)/b16-9+/t21-,23?/m0/s1. The van der Waals surface area contributed by atoms with Gasteiger partial charge < -0.3 is 14.6 Å². The Morgan fingerprint density at radius 1 is 1.47 bits per heavy atom. The van der Waals surface area contributed by atoms with Crippen LogP contribution in [0.15, 0.2) is 53.9 Å². The number of hydrogen-bond acceptors (Lipinski definition) is 3. The molecule has 4 nitrogen and oxygen atoms in total. The minimum absolute atomic E-state index is 0.152. The molecule has 30 heavy (non-hydrogen) atoms. The lowest BCUT2D eigenvalue weighted by Gasteiger charge is -2.16. The van der Waals surface area contributed by atoms with E-state index in [1.54, 1.807) is 38.1 Å². The average Bonchev–Trinajstić information content (AvgIpc) is 2.67. The Labute approximate surface area is 179 Å². The zero-order chi connectivity index (χ0) is 22.1. The predicted octanol–water partition coefficient (Wildman–Crippen LogP) is 5.22. The molecule has 1 aliphatic rings. The maximum atomic E-state index is 14.4. The fourth-order valence-corrected chi connectivity index (χ4v) is 2.94. The van der Waals surface area contributed by atoms with E-state index in [-0.39, 0.29) is 13.0 Å². The molecule has 1 N–H and O–H groups in total. The third kappa shape index (κ3) is 7.33. The summed E-state index contributed by atoms with van der Waals surface area (Å²) in [7, 11) is 0. The molecule has 2 atom stereocenters. The number of aliphatic carboxylic acids is 1. The molecule has 0 heterocycles. The van der Waals surface area contributed by atoms with Crippen molar-refractivity contribution in [2.45, 2.75) is 38.5 Å². The number of ether oxygens (including phenoxy) is 2. The fourth-order valence-electron chi connectivity index (χ4n) is 2.69. The van der Waals surface area contributed by atoms with Crippen LogP contribution in [0.1, 0.15) is 25.8 Å². The summed E-state index contributed by atoms with van der Waals surface area (Å²) in [4.78, 5) is 11.2. The van der Waals surface area contributed by atoms with Gasteiger partial charge in [-0.3, -0.25) is 0 Å². The first-order chi connectivity index (χ1) is 14.2. The van der Waals surface area contributed by atoms with Crippen molar-refractivity contribution < 1.29 is 28.2 Å². The van der Waals surface area contributed by atoms with Gasteiger partial charge in [-0.1, -0.05) is 35.6 Å². The van der Waals surface area contributed by atoms with Crippen molar-refractivity contribution in [1.82, 2.24) is 0 Å². The summed E-state index contributed by atoms with van der Waals surface area (Å²) in [5.74, 6) is 3.95. The van der Waals surface area contributed by atoms with Crippen molar-refractivity contribution in [3.63, 3.8) is 0 Å². The number of alkyl halides is 1. The van der Waals surface area contributed by atoms with Gasteiger partial charge in [0.15, 0.2) is 11.8 Å². The van der Waals surface area contributed by atoms with E-state index in [1.165, 1.54) is 18.2 Å². The molecular weight excluding hydrogens is 414 g/mol. The summed E-state index contributed by atoms with van der Waals surface area (Å²) in [6.45, 7) is 3.88. The van der Waals surface area contributed by atoms with Gasteiger partial charge in [0.05, 0.1) is 5.02 Å². The highest BCUT2D eigenvalue weighted by molar-refractivity contribution is 6.32. The van der Waals surface area contributed by atoms with Gasteiger partial charge in [0, 0.05) is 19.4 Å². The second-order valence-corrected chi connectivity index (χ2v) is 7.12. The topological polar surface area (TPSA) is 55.8 Å². The Morgan fingerprint density at radius 2 is 2.23 bits per heavy atom. The molecule has 1 aromatic rings. The van der Waals surface area contributed by atoms with E-state index in [0.717, 1.165) is 0 Å². The van der Waals surface area contributed by atoms with Gasteiger partial charge in [-0.25, -0.2) is 13.6 Å². The maximum absolute atomic E-state index is 14.4. The van der Waals surface area contributed by atoms with E-state index in [4.69, 9.17) is 26.2 Å². The van der Waals surface area contributed by atoms with Crippen molar-refractivity contribution in [2.24, 2.45) is 0 Å². The SMILES string of the molecule is CCO[C@@H](Cc1ccc(OC/C=C(\C)C#CC2(F)C=CC=C(F)C2)c(Cl)c1)C(=O)O. The van der Waals surface area contributed by atoms with E-state index in [9.17, 15) is 13.6 Å². The van der Waals surface area contributed by atoms with Gasteiger partial charge in [0.2, 0.25) is 0 Å². The van der Waals surface area contributed by atoms with Crippen molar-refractivity contribution in [1.29, 1.82) is 0 Å². The van der Waals surface area contributed by atoms with Crippen LogP contribution in [0.2, 0.25) is 5.02 Å². The first-order valence-corrected chi connectivity index (χ1v) is 9.78. The third-order valence-corrected chi connectivity index (χ3v) is 4.52. The number of benzene rings is 1. The van der Waals surface area contributed by atoms with E-state index < -0.39 is 30.0 Å². The summed E-state index contributed by atoms with van der Waals surface area (Å²) < 4.78 is 38.4. The van der Waals surface area contributed by atoms with Crippen LogP contribution in [-0.4, -0.2) is 36.1 Å². The van der Waals surface area contributed by atoms with Gasteiger partial charge in [0.1, 0.15) is 18.2 Å². The number of hydrogen-bond donors (Lipinski definition) is 1. The van der Waals surface area contributed by atoms with Crippen LogP contribution >= 0.6 is 11.6 Å². The second kappa shape index (κ2) is 11.0. The van der Waals surface area contributed by atoms with E-state index in [1.807, 2.05) is 0 Å². The molecule has 0 saturated carbocycles. The van der Waals surface area contributed by atoms with Crippen LogP contribution in [0.5, 0.6) is 5.75 Å². The Bertz CT molecular complexity index is 927. The molecule has 0 fully saturated rings. The molecule has 1 aromatic carbocycles. The molecule has 1 unspecified atom stereocenters.